The van der Waals surface area contributed by atoms with Crippen LogP contribution < -0.4 is 10.1 Å². The quantitative estimate of drug-likeness (QED) is 0.784. The van der Waals surface area contributed by atoms with Crippen LogP contribution in [0.2, 0.25) is 5.02 Å². The molecule has 0 fully saturated rings. The Labute approximate surface area is 129 Å². The lowest BCUT2D eigenvalue weighted by molar-refractivity contribution is 0.416. The first-order valence-corrected chi connectivity index (χ1v) is 7.36. The number of hydrogen-bond acceptors (Lipinski definition) is 2. The lowest BCUT2D eigenvalue weighted by Gasteiger charge is -2.11. The van der Waals surface area contributed by atoms with Gasteiger partial charge in [0.05, 0.1) is 7.11 Å². The molecular formula is C17H19ClFNO. The third kappa shape index (κ3) is 3.96. The lowest BCUT2D eigenvalue weighted by atomic mass is 10.0. The van der Waals surface area contributed by atoms with E-state index in [1.54, 1.807) is 31.4 Å². The topological polar surface area (TPSA) is 21.3 Å². The first kappa shape index (κ1) is 15.8. The standard InChI is InChI=1S/C17H19ClFNO/c1-3-8-20-11-13-5-4-12(9-16(13)19)15-10-14(18)6-7-17(15)21-2/h4-7,9-10,20H,3,8,11H2,1-2H3. The van der Waals surface area contributed by atoms with Gasteiger partial charge in [0.15, 0.2) is 0 Å². The second kappa shape index (κ2) is 7.43. The normalized spacial score (nSPS) is 10.7. The van der Waals surface area contributed by atoms with Gasteiger partial charge in [-0.05, 0) is 42.8 Å². The molecule has 0 unspecified atom stereocenters. The highest BCUT2D eigenvalue weighted by molar-refractivity contribution is 6.31. The summed E-state index contributed by atoms with van der Waals surface area (Å²) >= 11 is 6.02. The zero-order valence-electron chi connectivity index (χ0n) is 12.2. The minimum absolute atomic E-state index is 0.224. The summed E-state index contributed by atoms with van der Waals surface area (Å²) in [7, 11) is 1.59. The van der Waals surface area contributed by atoms with E-state index in [1.807, 2.05) is 6.07 Å². The average Bonchev–Trinajstić information content (AvgIpc) is 2.49. The van der Waals surface area contributed by atoms with Crippen LogP contribution in [0, 0.1) is 5.82 Å². The van der Waals surface area contributed by atoms with Gasteiger partial charge < -0.3 is 10.1 Å². The maximum absolute atomic E-state index is 14.2. The molecule has 0 saturated carbocycles. The molecule has 2 nitrogen and oxygen atoms in total. The molecule has 0 aliphatic heterocycles. The lowest BCUT2D eigenvalue weighted by Crippen LogP contribution is -2.14. The summed E-state index contributed by atoms with van der Waals surface area (Å²) in [5.74, 6) is 0.453. The van der Waals surface area contributed by atoms with E-state index in [0.29, 0.717) is 22.9 Å². The Bertz CT molecular complexity index is 616. The van der Waals surface area contributed by atoms with Crippen molar-refractivity contribution in [3.63, 3.8) is 0 Å². The Balaban J connectivity index is 2.29. The van der Waals surface area contributed by atoms with E-state index in [-0.39, 0.29) is 5.82 Å². The molecule has 0 saturated heterocycles. The van der Waals surface area contributed by atoms with Gasteiger partial charge in [-0.2, -0.15) is 0 Å². The van der Waals surface area contributed by atoms with Crippen LogP contribution >= 0.6 is 11.6 Å². The van der Waals surface area contributed by atoms with Gasteiger partial charge >= 0.3 is 0 Å². The van der Waals surface area contributed by atoms with E-state index < -0.39 is 0 Å². The first-order valence-electron chi connectivity index (χ1n) is 6.98. The molecule has 4 heteroatoms. The fraction of sp³-hybridized carbons (Fsp3) is 0.294. The molecule has 0 spiro atoms. The molecule has 0 heterocycles. The second-order valence-corrected chi connectivity index (χ2v) is 5.26. The molecule has 2 rings (SSSR count). The SMILES string of the molecule is CCCNCc1ccc(-c2cc(Cl)ccc2OC)cc1F. The molecule has 2 aromatic carbocycles. The van der Waals surface area contributed by atoms with E-state index in [1.165, 1.54) is 6.07 Å². The van der Waals surface area contributed by atoms with E-state index in [9.17, 15) is 4.39 Å². The molecule has 0 aromatic heterocycles. The predicted molar refractivity (Wildman–Crippen MR) is 85.4 cm³/mol. The Morgan fingerprint density at radius 2 is 2.00 bits per heavy atom. The molecule has 1 N–H and O–H groups in total. The predicted octanol–water partition coefficient (Wildman–Crippen LogP) is 4.65. The van der Waals surface area contributed by atoms with Crippen molar-refractivity contribution in [3.8, 4) is 16.9 Å². The largest absolute Gasteiger partial charge is 0.496 e. The summed E-state index contributed by atoms with van der Waals surface area (Å²) < 4.78 is 19.5. The summed E-state index contributed by atoms with van der Waals surface area (Å²) in [6.45, 7) is 3.49. The van der Waals surface area contributed by atoms with Gasteiger partial charge in [-0.1, -0.05) is 30.7 Å². The highest BCUT2D eigenvalue weighted by Gasteiger charge is 2.10. The van der Waals surface area contributed by atoms with Gasteiger partial charge in [0.1, 0.15) is 11.6 Å². The highest BCUT2D eigenvalue weighted by atomic mass is 35.5. The third-order valence-electron chi connectivity index (χ3n) is 3.27. The molecule has 112 valence electrons. The molecule has 0 aliphatic carbocycles. The van der Waals surface area contributed by atoms with E-state index in [2.05, 4.69) is 12.2 Å². The smallest absolute Gasteiger partial charge is 0.128 e. The van der Waals surface area contributed by atoms with Crippen LogP contribution in [0.1, 0.15) is 18.9 Å². The minimum atomic E-state index is -0.224. The summed E-state index contributed by atoms with van der Waals surface area (Å²) in [5.41, 5.74) is 2.20. The summed E-state index contributed by atoms with van der Waals surface area (Å²) in [4.78, 5) is 0. The van der Waals surface area contributed by atoms with Crippen molar-refractivity contribution >= 4 is 11.6 Å². The van der Waals surface area contributed by atoms with Crippen LogP contribution in [-0.4, -0.2) is 13.7 Å². The van der Waals surface area contributed by atoms with Gasteiger partial charge in [0.25, 0.3) is 0 Å². The van der Waals surface area contributed by atoms with Crippen LogP contribution in [0.15, 0.2) is 36.4 Å². The summed E-state index contributed by atoms with van der Waals surface area (Å²) in [5, 5.41) is 3.79. The number of benzene rings is 2. The number of ether oxygens (including phenoxy) is 1. The molecule has 0 atom stereocenters. The molecule has 0 bridgehead atoms. The van der Waals surface area contributed by atoms with Gasteiger partial charge in [-0.25, -0.2) is 4.39 Å². The molecule has 0 aliphatic rings. The van der Waals surface area contributed by atoms with Crippen molar-refractivity contribution in [2.24, 2.45) is 0 Å². The molecular weight excluding hydrogens is 289 g/mol. The molecule has 2 aromatic rings. The van der Waals surface area contributed by atoms with Gasteiger partial charge in [0, 0.05) is 22.7 Å². The van der Waals surface area contributed by atoms with Crippen molar-refractivity contribution in [3.05, 3.63) is 52.8 Å². The van der Waals surface area contributed by atoms with Gasteiger partial charge in [-0.3, -0.25) is 0 Å². The van der Waals surface area contributed by atoms with Crippen LogP contribution in [0.3, 0.4) is 0 Å². The Morgan fingerprint density at radius 1 is 1.19 bits per heavy atom. The number of methoxy groups -OCH3 is 1. The van der Waals surface area contributed by atoms with Crippen molar-refractivity contribution in [1.82, 2.24) is 5.32 Å². The van der Waals surface area contributed by atoms with Crippen molar-refractivity contribution in [2.45, 2.75) is 19.9 Å². The summed E-state index contributed by atoms with van der Waals surface area (Å²) in [6, 6.07) is 10.5. The fourth-order valence-electron chi connectivity index (χ4n) is 2.16. The van der Waals surface area contributed by atoms with Crippen molar-refractivity contribution < 1.29 is 9.13 Å². The van der Waals surface area contributed by atoms with Crippen molar-refractivity contribution in [1.29, 1.82) is 0 Å². The van der Waals surface area contributed by atoms with Crippen LogP contribution in [-0.2, 0) is 6.54 Å². The third-order valence-corrected chi connectivity index (χ3v) is 3.50. The van der Waals surface area contributed by atoms with E-state index >= 15 is 0 Å². The van der Waals surface area contributed by atoms with Crippen molar-refractivity contribution in [2.75, 3.05) is 13.7 Å². The molecule has 0 radical (unpaired) electrons. The molecule has 0 amide bonds. The van der Waals surface area contributed by atoms with Crippen LogP contribution in [0.25, 0.3) is 11.1 Å². The van der Waals surface area contributed by atoms with Gasteiger partial charge in [-0.15, -0.1) is 0 Å². The fourth-order valence-corrected chi connectivity index (χ4v) is 2.34. The first-order chi connectivity index (χ1) is 10.2. The minimum Gasteiger partial charge on any atom is -0.496 e. The van der Waals surface area contributed by atoms with Crippen LogP contribution in [0.4, 0.5) is 4.39 Å². The second-order valence-electron chi connectivity index (χ2n) is 4.83. The van der Waals surface area contributed by atoms with E-state index in [4.69, 9.17) is 16.3 Å². The monoisotopic (exact) mass is 307 g/mol. The number of hydrogen-bond donors (Lipinski definition) is 1. The Kier molecular flexibility index (Phi) is 5.59. The number of rotatable bonds is 6. The molecule has 21 heavy (non-hydrogen) atoms. The van der Waals surface area contributed by atoms with Gasteiger partial charge in [0.2, 0.25) is 0 Å². The van der Waals surface area contributed by atoms with E-state index in [0.717, 1.165) is 24.1 Å². The van der Waals surface area contributed by atoms with Crippen LogP contribution in [0.5, 0.6) is 5.75 Å². The highest BCUT2D eigenvalue weighted by Crippen LogP contribution is 2.33. The number of halogens is 2. The maximum Gasteiger partial charge on any atom is 0.128 e. The average molecular weight is 308 g/mol. The maximum atomic E-state index is 14.2. The zero-order chi connectivity index (χ0) is 15.2. The Hall–Kier alpha value is -1.58. The Morgan fingerprint density at radius 3 is 2.67 bits per heavy atom. The summed E-state index contributed by atoms with van der Waals surface area (Å²) in [6.07, 6.45) is 1.03. The number of nitrogens with one attached hydrogen (secondary N) is 1. The zero-order valence-corrected chi connectivity index (χ0v) is 13.0.